The lowest BCUT2D eigenvalue weighted by atomic mass is 10.0. The normalized spacial score (nSPS) is 18.9. The smallest absolute Gasteiger partial charge is 0.224 e. The molecule has 0 N–H and O–H groups in total. The molecule has 0 aromatic heterocycles. The third-order valence-corrected chi connectivity index (χ3v) is 4.58. The number of nitrogens with zero attached hydrogens (tertiary/aromatic N) is 2. The van der Waals surface area contributed by atoms with Crippen LogP contribution in [0.1, 0.15) is 23.6 Å². The number of hydrogen-bond acceptors (Lipinski definition) is 2. The minimum absolute atomic E-state index is 0.0580. The maximum absolute atomic E-state index is 12.2. The summed E-state index contributed by atoms with van der Waals surface area (Å²) >= 11 is 0. The molecule has 3 heteroatoms. The van der Waals surface area contributed by atoms with Gasteiger partial charge in [0.2, 0.25) is 5.91 Å². The number of para-hydroxylation sites is 1. The van der Waals surface area contributed by atoms with Gasteiger partial charge in [-0.2, -0.15) is 0 Å². The predicted molar refractivity (Wildman–Crippen MR) is 89.1 cm³/mol. The van der Waals surface area contributed by atoms with Crippen molar-refractivity contribution in [2.45, 2.75) is 32.7 Å². The van der Waals surface area contributed by atoms with E-state index < -0.39 is 0 Å². The van der Waals surface area contributed by atoms with Gasteiger partial charge in [-0.3, -0.25) is 9.79 Å². The summed E-state index contributed by atoms with van der Waals surface area (Å²) in [6.07, 6.45) is 1.71. The topological polar surface area (TPSA) is 32.7 Å². The minimum atomic E-state index is 0.0580. The molecule has 0 aliphatic carbocycles. The van der Waals surface area contributed by atoms with Gasteiger partial charge in [0.1, 0.15) is 0 Å². The number of aryl methyl sites for hydroxylation is 1. The van der Waals surface area contributed by atoms with Gasteiger partial charge in [-0.15, -0.1) is 0 Å². The van der Waals surface area contributed by atoms with Crippen LogP contribution in [-0.4, -0.2) is 17.7 Å². The van der Waals surface area contributed by atoms with E-state index in [1.807, 2.05) is 23.1 Å². The van der Waals surface area contributed by atoms with Gasteiger partial charge < -0.3 is 4.90 Å². The van der Waals surface area contributed by atoms with Crippen molar-refractivity contribution >= 4 is 23.0 Å². The Labute approximate surface area is 130 Å². The summed E-state index contributed by atoms with van der Waals surface area (Å²) in [5.41, 5.74) is 6.93. The van der Waals surface area contributed by atoms with Crippen molar-refractivity contribution in [3.63, 3.8) is 0 Å². The van der Waals surface area contributed by atoms with Crippen molar-refractivity contribution in [1.82, 2.24) is 0 Å². The highest BCUT2D eigenvalue weighted by atomic mass is 16.2. The first-order valence-corrected chi connectivity index (χ1v) is 7.68. The fourth-order valence-corrected chi connectivity index (χ4v) is 3.55. The SMILES string of the molecule is CC(=O)N1c2ccccc2CC1C1=Nc2cc(C)ccc2C1. The third-order valence-electron chi connectivity index (χ3n) is 4.58. The van der Waals surface area contributed by atoms with E-state index in [1.54, 1.807) is 6.92 Å². The number of fused-ring (bicyclic) bond motifs is 2. The Hall–Kier alpha value is -2.42. The lowest BCUT2D eigenvalue weighted by molar-refractivity contribution is -0.116. The molecular formula is C19H18N2O. The standard InChI is InChI=1S/C19H18N2O/c1-12-7-8-14-10-17(20-16(14)9-12)19-11-15-5-3-4-6-18(15)21(19)13(2)22/h3-9,19H,10-11H2,1-2H3. The predicted octanol–water partition coefficient (Wildman–Crippen LogP) is 3.60. The maximum Gasteiger partial charge on any atom is 0.224 e. The van der Waals surface area contributed by atoms with Crippen LogP contribution < -0.4 is 4.90 Å². The minimum Gasteiger partial charge on any atom is -0.303 e. The Morgan fingerprint density at radius 3 is 2.82 bits per heavy atom. The second kappa shape index (κ2) is 4.80. The number of rotatable bonds is 1. The second-order valence-corrected chi connectivity index (χ2v) is 6.15. The van der Waals surface area contributed by atoms with Crippen LogP contribution in [0.5, 0.6) is 0 Å². The van der Waals surface area contributed by atoms with Crippen molar-refractivity contribution in [3.8, 4) is 0 Å². The molecule has 1 amide bonds. The first kappa shape index (κ1) is 13.3. The summed E-state index contributed by atoms with van der Waals surface area (Å²) in [5, 5.41) is 0. The highest BCUT2D eigenvalue weighted by molar-refractivity contribution is 6.08. The van der Waals surface area contributed by atoms with E-state index in [4.69, 9.17) is 4.99 Å². The van der Waals surface area contributed by atoms with Crippen molar-refractivity contribution in [1.29, 1.82) is 0 Å². The molecule has 2 aliphatic rings. The Morgan fingerprint density at radius 1 is 1.18 bits per heavy atom. The molecule has 0 saturated carbocycles. The molecule has 0 radical (unpaired) electrons. The van der Waals surface area contributed by atoms with Crippen LogP contribution in [0.4, 0.5) is 11.4 Å². The average Bonchev–Trinajstić information content (AvgIpc) is 3.06. The molecule has 2 heterocycles. The van der Waals surface area contributed by atoms with Crippen LogP contribution in [0, 0.1) is 6.92 Å². The zero-order chi connectivity index (χ0) is 15.3. The highest BCUT2D eigenvalue weighted by Crippen LogP contribution is 2.37. The fraction of sp³-hybridized carbons (Fsp3) is 0.263. The summed E-state index contributed by atoms with van der Waals surface area (Å²) in [6.45, 7) is 3.73. The van der Waals surface area contributed by atoms with Gasteiger partial charge in [-0.1, -0.05) is 30.3 Å². The third kappa shape index (κ3) is 1.97. The molecule has 2 aliphatic heterocycles. The van der Waals surface area contributed by atoms with Gasteiger partial charge in [0.25, 0.3) is 0 Å². The first-order chi connectivity index (χ1) is 10.6. The zero-order valence-corrected chi connectivity index (χ0v) is 12.8. The molecule has 22 heavy (non-hydrogen) atoms. The monoisotopic (exact) mass is 290 g/mol. The van der Waals surface area contributed by atoms with E-state index >= 15 is 0 Å². The molecular weight excluding hydrogens is 272 g/mol. The molecule has 1 unspecified atom stereocenters. The van der Waals surface area contributed by atoms with E-state index in [0.29, 0.717) is 0 Å². The molecule has 0 saturated heterocycles. The van der Waals surface area contributed by atoms with Crippen molar-refractivity contribution in [2.75, 3.05) is 4.90 Å². The molecule has 2 aromatic rings. The molecule has 110 valence electrons. The summed E-state index contributed by atoms with van der Waals surface area (Å²) in [6, 6.07) is 14.6. The van der Waals surface area contributed by atoms with Crippen molar-refractivity contribution in [3.05, 3.63) is 59.2 Å². The van der Waals surface area contributed by atoms with Gasteiger partial charge in [-0.05, 0) is 35.7 Å². The number of hydrogen-bond donors (Lipinski definition) is 0. The second-order valence-electron chi connectivity index (χ2n) is 6.15. The van der Waals surface area contributed by atoms with Gasteiger partial charge in [0.05, 0.1) is 11.7 Å². The maximum atomic E-state index is 12.2. The Balaban J connectivity index is 1.73. The molecule has 0 spiro atoms. The van der Waals surface area contributed by atoms with Crippen LogP contribution in [0.3, 0.4) is 0 Å². The summed E-state index contributed by atoms with van der Waals surface area (Å²) in [4.78, 5) is 18.9. The Kier molecular flexibility index (Phi) is 2.89. The van der Waals surface area contributed by atoms with E-state index in [0.717, 1.165) is 29.9 Å². The molecule has 0 fully saturated rings. The summed E-state index contributed by atoms with van der Waals surface area (Å²) in [7, 11) is 0. The Bertz CT molecular complexity index is 807. The van der Waals surface area contributed by atoms with Crippen molar-refractivity contribution < 1.29 is 4.79 Å². The van der Waals surface area contributed by atoms with Gasteiger partial charge in [0.15, 0.2) is 0 Å². The number of benzene rings is 2. The molecule has 1 atom stereocenters. The van der Waals surface area contributed by atoms with E-state index in [9.17, 15) is 4.79 Å². The fourth-order valence-electron chi connectivity index (χ4n) is 3.55. The first-order valence-electron chi connectivity index (χ1n) is 7.68. The summed E-state index contributed by atoms with van der Waals surface area (Å²) < 4.78 is 0. The van der Waals surface area contributed by atoms with E-state index in [-0.39, 0.29) is 11.9 Å². The quantitative estimate of drug-likeness (QED) is 0.790. The number of amides is 1. The Morgan fingerprint density at radius 2 is 2.00 bits per heavy atom. The average molecular weight is 290 g/mol. The lowest BCUT2D eigenvalue weighted by Crippen LogP contribution is -2.41. The van der Waals surface area contributed by atoms with E-state index in [2.05, 4.69) is 31.2 Å². The van der Waals surface area contributed by atoms with Gasteiger partial charge in [-0.25, -0.2) is 0 Å². The lowest BCUT2D eigenvalue weighted by Gasteiger charge is -2.24. The van der Waals surface area contributed by atoms with Crippen LogP contribution >= 0.6 is 0 Å². The van der Waals surface area contributed by atoms with Crippen molar-refractivity contribution in [2.24, 2.45) is 4.99 Å². The number of aliphatic imine (C=N–C) groups is 1. The van der Waals surface area contributed by atoms with Crippen LogP contribution in [0.25, 0.3) is 0 Å². The van der Waals surface area contributed by atoms with Crippen LogP contribution in [0.15, 0.2) is 47.5 Å². The van der Waals surface area contributed by atoms with Crippen LogP contribution in [0.2, 0.25) is 0 Å². The van der Waals surface area contributed by atoms with E-state index in [1.165, 1.54) is 16.7 Å². The highest BCUT2D eigenvalue weighted by Gasteiger charge is 2.36. The number of carbonyl (C=O) groups excluding carboxylic acids is 1. The molecule has 3 nitrogen and oxygen atoms in total. The number of anilines is 1. The summed E-state index contributed by atoms with van der Waals surface area (Å²) in [5.74, 6) is 0.0878. The molecule has 2 aromatic carbocycles. The van der Waals surface area contributed by atoms with Gasteiger partial charge in [0, 0.05) is 31.2 Å². The zero-order valence-electron chi connectivity index (χ0n) is 12.8. The largest absolute Gasteiger partial charge is 0.303 e. The number of carbonyl (C=O) groups is 1. The molecule has 4 rings (SSSR count). The molecule has 0 bridgehead atoms. The van der Waals surface area contributed by atoms with Gasteiger partial charge >= 0.3 is 0 Å². The van der Waals surface area contributed by atoms with Crippen LogP contribution in [-0.2, 0) is 17.6 Å².